The summed E-state index contributed by atoms with van der Waals surface area (Å²) in [7, 11) is 0. The minimum atomic E-state index is -0.782. The van der Waals surface area contributed by atoms with E-state index < -0.39 is 5.97 Å². The lowest BCUT2D eigenvalue weighted by Gasteiger charge is -2.18. The summed E-state index contributed by atoms with van der Waals surface area (Å²) in [6.45, 7) is 5.68. The lowest BCUT2D eigenvalue weighted by molar-refractivity contribution is -0.136. The molecule has 1 aromatic carbocycles. The molecule has 0 amide bonds. The zero-order chi connectivity index (χ0) is 20.0. The van der Waals surface area contributed by atoms with Crippen molar-refractivity contribution in [3.8, 4) is 0 Å². The maximum atomic E-state index is 12.7. The highest BCUT2D eigenvalue weighted by Gasteiger charge is 2.28. The Balaban J connectivity index is 1.99. The molecule has 0 aliphatic heterocycles. The number of Topliss-reactive ketones (excluding diaryl/α,β-unsaturated/α-hetero) is 2. The van der Waals surface area contributed by atoms with Crippen LogP contribution in [0, 0.1) is 0 Å². The topological polar surface area (TPSA) is 71.4 Å². The first kappa shape index (κ1) is 20.6. The van der Waals surface area contributed by atoms with E-state index >= 15 is 0 Å². The number of hydrogen-bond donors (Lipinski definition) is 1. The molecule has 4 heteroatoms. The number of fused-ring (bicyclic) bond motifs is 1. The van der Waals surface area contributed by atoms with E-state index in [-0.39, 0.29) is 18.0 Å². The maximum absolute atomic E-state index is 12.7. The third-order valence-electron chi connectivity index (χ3n) is 4.90. The van der Waals surface area contributed by atoms with E-state index in [1.165, 1.54) is 0 Å². The van der Waals surface area contributed by atoms with Crippen LogP contribution in [0.1, 0.15) is 73.6 Å². The Morgan fingerprint density at radius 2 is 1.52 bits per heavy atom. The van der Waals surface area contributed by atoms with Gasteiger partial charge in [0.15, 0.2) is 11.6 Å². The quantitative estimate of drug-likeness (QED) is 0.633. The Morgan fingerprint density at radius 3 is 2.15 bits per heavy atom. The van der Waals surface area contributed by atoms with Crippen LogP contribution >= 0.6 is 0 Å². The molecular formula is C23H26O4. The van der Waals surface area contributed by atoms with E-state index in [0.717, 1.165) is 24.0 Å². The molecule has 1 aromatic rings. The first-order chi connectivity index (χ1) is 12.8. The van der Waals surface area contributed by atoms with Crippen LogP contribution in [-0.4, -0.2) is 22.6 Å². The summed E-state index contributed by atoms with van der Waals surface area (Å²) in [6.07, 6.45) is 6.94. The van der Waals surface area contributed by atoms with Gasteiger partial charge in [0.2, 0.25) is 0 Å². The number of carboxylic acids is 1. The van der Waals surface area contributed by atoms with Gasteiger partial charge in [-0.05, 0) is 46.5 Å². The Bertz CT molecular complexity index is 853. The van der Waals surface area contributed by atoms with Crippen LogP contribution in [0.4, 0.5) is 0 Å². The number of carbonyl (C=O) groups excluding carboxylic acids is 2. The van der Waals surface area contributed by atoms with Crippen LogP contribution in [-0.2, 0) is 4.79 Å². The number of carboxylic acid groups (broad SMARTS) is 1. The van der Waals surface area contributed by atoms with Crippen molar-refractivity contribution in [2.24, 2.45) is 0 Å². The van der Waals surface area contributed by atoms with Crippen LogP contribution in [0.5, 0.6) is 0 Å². The SMILES string of the molecule is CC1=C(C/C=C(\C)CC/C=C(\C)CCC(=O)O)C(=O)c2ccccc2C1=O. The van der Waals surface area contributed by atoms with E-state index in [1.807, 2.05) is 19.9 Å². The molecule has 0 radical (unpaired) electrons. The number of ketones is 2. The van der Waals surface area contributed by atoms with Gasteiger partial charge in [0.1, 0.15) is 0 Å². The molecule has 27 heavy (non-hydrogen) atoms. The molecule has 1 aliphatic carbocycles. The molecule has 2 rings (SSSR count). The lowest BCUT2D eigenvalue weighted by atomic mass is 9.83. The summed E-state index contributed by atoms with van der Waals surface area (Å²) in [6, 6.07) is 6.97. The van der Waals surface area contributed by atoms with E-state index in [4.69, 9.17) is 5.11 Å². The average Bonchev–Trinajstić information content (AvgIpc) is 2.64. The number of hydrogen-bond acceptors (Lipinski definition) is 3. The van der Waals surface area contributed by atoms with Gasteiger partial charge in [-0.25, -0.2) is 0 Å². The molecule has 0 bridgehead atoms. The van der Waals surface area contributed by atoms with E-state index in [0.29, 0.717) is 35.1 Å². The summed E-state index contributed by atoms with van der Waals surface area (Å²) in [4.78, 5) is 35.8. The normalized spacial score (nSPS) is 15.2. The standard InChI is InChI=1S/C23H26O4/c1-15(7-6-8-16(2)12-14-21(24)25)11-13-18-17(3)22(26)19-9-4-5-10-20(19)23(18)27/h4-5,8-11H,6-7,12-14H2,1-3H3,(H,24,25)/b15-11+,16-8+. The fourth-order valence-corrected chi connectivity index (χ4v) is 3.13. The van der Waals surface area contributed by atoms with Gasteiger partial charge in [-0.1, -0.05) is 47.6 Å². The third-order valence-corrected chi connectivity index (χ3v) is 4.90. The summed E-state index contributed by atoms with van der Waals surface area (Å²) in [5.74, 6) is -0.907. The van der Waals surface area contributed by atoms with Gasteiger partial charge >= 0.3 is 5.97 Å². The average molecular weight is 366 g/mol. The molecule has 0 unspecified atom stereocenters. The molecule has 0 heterocycles. The summed E-state index contributed by atoms with van der Waals surface area (Å²) in [5, 5.41) is 8.70. The third kappa shape index (κ3) is 5.36. The predicted molar refractivity (Wildman–Crippen MR) is 106 cm³/mol. The number of carbonyl (C=O) groups is 3. The monoisotopic (exact) mass is 366 g/mol. The maximum Gasteiger partial charge on any atom is 0.303 e. The van der Waals surface area contributed by atoms with Crippen LogP contribution in [0.15, 0.2) is 58.7 Å². The zero-order valence-electron chi connectivity index (χ0n) is 16.2. The van der Waals surface area contributed by atoms with Crippen molar-refractivity contribution in [1.29, 1.82) is 0 Å². The van der Waals surface area contributed by atoms with Crippen molar-refractivity contribution >= 4 is 17.5 Å². The van der Waals surface area contributed by atoms with Gasteiger partial charge in [0, 0.05) is 28.7 Å². The van der Waals surface area contributed by atoms with Crippen LogP contribution < -0.4 is 0 Å². The fourth-order valence-electron chi connectivity index (χ4n) is 3.13. The molecule has 0 aromatic heterocycles. The van der Waals surface area contributed by atoms with Gasteiger partial charge < -0.3 is 5.11 Å². The fraction of sp³-hybridized carbons (Fsp3) is 0.348. The first-order valence-electron chi connectivity index (χ1n) is 9.22. The van der Waals surface area contributed by atoms with Crippen molar-refractivity contribution in [1.82, 2.24) is 0 Å². The van der Waals surface area contributed by atoms with Gasteiger partial charge in [-0.3, -0.25) is 14.4 Å². The summed E-state index contributed by atoms with van der Waals surface area (Å²) >= 11 is 0. The molecule has 0 spiro atoms. The van der Waals surface area contributed by atoms with Crippen molar-refractivity contribution in [2.45, 2.75) is 52.9 Å². The van der Waals surface area contributed by atoms with Gasteiger partial charge in [-0.15, -0.1) is 0 Å². The van der Waals surface area contributed by atoms with E-state index in [2.05, 4.69) is 6.08 Å². The van der Waals surface area contributed by atoms with Crippen molar-refractivity contribution < 1.29 is 19.5 Å². The summed E-state index contributed by atoms with van der Waals surface area (Å²) in [5.41, 5.74) is 4.32. The van der Waals surface area contributed by atoms with Gasteiger partial charge in [0.05, 0.1) is 0 Å². The Hall–Kier alpha value is -2.75. The van der Waals surface area contributed by atoms with Crippen molar-refractivity contribution in [3.05, 3.63) is 69.8 Å². The molecule has 0 saturated heterocycles. The molecule has 1 aliphatic rings. The van der Waals surface area contributed by atoms with Gasteiger partial charge in [-0.2, -0.15) is 0 Å². The Morgan fingerprint density at radius 1 is 0.926 bits per heavy atom. The predicted octanol–water partition coefficient (Wildman–Crippen LogP) is 5.31. The molecule has 142 valence electrons. The lowest BCUT2D eigenvalue weighted by Crippen LogP contribution is -2.20. The molecule has 0 fully saturated rings. The minimum Gasteiger partial charge on any atom is -0.481 e. The van der Waals surface area contributed by atoms with Crippen molar-refractivity contribution in [3.63, 3.8) is 0 Å². The van der Waals surface area contributed by atoms with E-state index in [1.54, 1.807) is 31.2 Å². The highest BCUT2D eigenvalue weighted by molar-refractivity contribution is 6.26. The molecule has 0 saturated carbocycles. The second-order valence-corrected chi connectivity index (χ2v) is 7.04. The zero-order valence-corrected chi connectivity index (χ0v) is 16.2. The first-order valence-corrected chi connectivity index (χ1v) is 9.22. The van der Waals surface area contributed by atoms with E-state index in [9.17, 15) is 14.4 Å². The number of aliphatic carboxylic acids is 1. The molecule has 4 nitrogen and oxygen atoms in total. The Kier molecular flexibility index (Phi) is 7.05. The number of benzene rings is 1. The van der Waals surface area contributed by atoms with Crippen molar-refractivity contribution in [2.75, 3.05) is 0 Å². The largest absolute Gasteiger partial charge is 0.481 e. The molecule has 1 N–H and O–H groups in total. The second-order valence-electron chi connectivity index (χ2n) is 7.04. The number of allylic oxidation sites excluding steroid dienone is 6. The highest BCUT2D eigenvalue weighted by Crippen LogP contribution is 2.28. The summed E-state index contributed by atoms with van der Waals surface area (Å²) < 4.78 is 0. The number of rotatable bonds is 8. The molecular weight excluding hydrogens is 340 g/mol. The smallest absolute Gasteiger partial charge is 0.303 e. The second kappa shape index (κ2) is 9.26. The molecule has 0 atom stereocenters. The van der Waals surface area contributed by atoms with Gasteiger partial charge in [0.25, 0.3) is 0 Å². The minimum absolute atomic E-state index is 0.0591. The Labute approximate surface area is 160 Å². The van der Waals surface area contributed by atoms with Crippen LogP contribution in [0.25, 0.3) is 0 Å². The van der Waals surface area contributed by atoms with Crippen LogP contribution in [0.3, 0.4) is 0 Å². The highest BCUT2D eigenvalue weighted by atomic mass is 16.4. The van der Waals surface area contributed by atoms with Crippen LogP contribution in [0.2, 0.25) is 0 Å².